The van der Waals surface area contributed by atoms with Gasteiger partial charge in [0.05, 0.1) is 13.7 Å². The zero-order valence-electron chi connectivity index (χ0n) is 19.1. The van der Waals surface area contributed by atoms with Gasteiger partial charge in [-0.15, -0.1) is 0 Å². The molecule has 0 heterocycles. The van der Waals surface area contributed by atoms with Gasteiger partial charge < -0.3 is 14.4 Å². The van der Waals surface area contributed by atoms with E-state index in [1.54, 1.807) is 12.0 Å². The van der Waals surface area contributed by atoms with Crippen molar-refractivity contribution >= 4 is 5.91 Å². The average Bonchev–Trinajstić information content (AvgIpc) is 2.82. The van der Waals surface area contributed by atoms with Crippen LogP contribution in [0.5, 0.6) is 11.5 Å². The van der Waals surface area contributed by atoms with Crippen LogP contribution in [-0.2, 0) is 4.79 Å². The molecule has 0 spiro atoms. The molecule has 1 amide bonds. The fourth-order valence-corrected chi connectivity index (χ4v) is 3.49. The number of hydrogen-bond acceptors (Lipinski definition) is 3. The minimum absolute atomic E-state index is 0.00963. The number of carbonyl (C=O) groups is 1. The molecular formula is C27H37NO3. The molecule has 0 radical (unpaired) electrons. The summed E-state index contributed by atoms with van der Waals surface area (Å²) in [5.74, 6) is 1.81. The summed E-state index contributed by atoms with van der Waals surface area (Å²) in [6.45, 7) is 5.11. The third-order valence-corrected chi connectivity index (χ3v) is 5.49. The topological polar surface area (TPSA) is 38.8 Å². The van der Waals surface area contributed by atoms with Gasteiger partial charge in [-0.3, -0.25) is 4.79 Å². The highest BCUT2D eigenvalue weighted by Crippen LogP contribution is 2.24. The molecule has 0 atom stereocenters. The second-order valence-electron chi connectivity index (χ2n) is 7.89. The smallest absolute Gasteiger partial charge is 0.245 e. The van der Waals surface area contributed by atoms with E-state index in [0.717, 1.165) is 37.5 Å². The number of benzene rings is 2. The van der Waals surface area contributed by atoms with E-state index in [-0.39, 0.29) is 5.91 Å². The van der Waals surface area contributed by atoms with E-state index in [4.69, 9.17) is 9.47 Å². The van der Waals surface area contributed by atoms with Gasteiger partial charge >= 0.3 is 0 Å². The van der Waals surface area contributed by atoms with Gasteiger partial charge in [0.15, 0.2) is 0 Å². The Morgan fingerprint density at radius 1 is 0.806 bits per heavy atom. The van der Waals surface area contributed by atoms with E-state index in [0.29, 0.717) is 0 Å². The first kappa shape index (κ1) is 24.5. The molecule has 0 bridgehead atoms. The molecule has 0 aromatic heterocycles. The van der Waals surface area contributed by atoms with Crippen LogP contribution >= 0.6 is 0 Å². The van der Waals surface area contributed by atoms with E-state index >= 15 is 0 Å². The van der Waals surface area contributed by atoms with Gasteiger partial charge in [0.25, 0.3) is 0 Å². The maximum absolute atomic E-state index is 11.4. The molecule has 0 saturated carbocycles. The van der Waals surface area contributed by atoms with Crippen molar-refractivity contribution in [2.75, 3.05) is 27.3 Å². The predicted molar refractivity (Wildman–Crippen MR) is 129 cm³/mol. The minimum Gasteiger partial charge on any atom is -0.497 e. The monoisotopic (exact) mass is 423 g/mol. The van der Waals surface area contributed by atoms with Crippen LogP contribution in [0.1, 0.15) is 51.4 Å². The molecule has 0 aliphatic carbocycles. The van der Waals surface area contributed by atoms with Crippen LogP contribution in [0.3, 0.4) is 0 Å². The summed E-state index contributed by atoms with van der Waals surface area (Å²) in [5.41, 5.74) is 2.35. The Balaban J connectivity index is 1.49. The minimum atomic E-state index is 0.00963. The van der Waals surface area contributed by atoms with E-state index in [1.807, 2.05) is 31.3 Å². The lowest BCUT2D eigenvalue weighted by atomic mass is 10.1. The van der Waals surface area contributed by atoms with Crippen molar-refractivity contribution in [3.63, 3.8) is 0 Å². The summed E-state index contributed by atoms with van der Waals surface area (Å²) >= 11 is 0. The van der Waals surface area contributed by atoms with Gasteiger partial charge in [0.2, 0.25) is 5.91 Å². The average molecular weight is 424 g/mol. The molecule has 31 heavy (non-hydrogen) atoms. The summed E-state index contributed by atoms with van der Waals surface area (Å²) < 4.78 is 11.1. The van der Waals surface area contributed by atoms with E-state index in [9.17, 15) is 4.79 Å². The Morgan fingerprint density at radius 3 is 1.81 bits per heavy atom. The van der Waals surface area contributed by atoms with Crippen LogP contribution in [0, 0.1) is 0 Å². The molecule has 0 aliphatic rings. The number of likely N-dealkylation sites (N-methyl/N-ethyl adjacent to an activating group) is 1. The normalized spacial score (nSPS) is 10.5. The highest BCUT2D eigenvalue weighted by atomic mass is 16.5. The lowest BCUT2D eigenvalue weighted by Crippen LogP contribution is -2.25. The molecule has 0 saturated heterocycles. The van der Waals surface area contributed by atoms with Crippen LogP contribution in [0.15, 0.2) is 61.2 Å². The van der Waals surface area contributed by atoms with Crippen molar-refractivity contribution in [2.24, 2.45) is 0 Å². The van der Waals surface area contributed by atoms with Crippen molar-refractivity contribution in [3.05, 3.63) is 61.2 Å². The summed E-state index contributed by atoms with van der Waals surface area (Å²) in [6, 6.07) is 16.4. The molecule has 2 aromatic carbocycles. The predicted octanol–water partition coefficient (Wildman–Crippen LogP) is 6.51. The number of nitrogens with zero attached hydrogens (tertiary/aromatic N) is 1. The van der Waals surface area contributed by atoms with Crippen molar-refractivity contribution < 1.29 is 14.3 Å². The van der Waals surface area contributed by atoms with Crippen LogP contribution < -0.4 is 9.47 Å². The van der Waals surface area contributed by atoms with Crippen LogP contribution in [-0.4, -0.2) is 38.1 Å². The number of rotatable bonds is 15. The van der Waals surface area contributed by atoms with Gasteiger partial charge in [0.1, 0.15) is 11.5 Å². The van der Waals surface area contributed by atoms with Crippen molar-refractivity contribution in [2.45, 2.75) is 51.4 Å². The first-order valence-electron chi connectivity index (χ1n) is 11.4. The van der Waals surface area contributed by atoms with Gasteiger partial charge in [0, 0.05) is 13.6 Å². The van der Waals surface area contributed by atoms with Crippen LogP contribution in [0.2, 0.25) is 0 Å². The van der Waals surface area contributed by atoms with Crippen molar-refractivity contribution in [1.82, 2.24) is 4.90 Å². The standard InChI is InChI=1S/C27H37NO3/c1-4-27(29)28(2)21-11-9-7-5-6-8-10-12-22-31-26-19-15-24(16-20-26)23-13-17-25(30-3)18-14-23/h4,13-20H,1,5-12,21-22H2,2-3H3. The Hall–Kier alpha value is -2.75. The molecular weight excluding hydrogens is 386 g/mol. The SMILES string of the molecule is C=CC(=O)N(C)CCCCCCCCCCOc1ccc(-c2ccc(OC)cc2)cc1. The zero-order chi connectivity index (χ0) is 22.3. The van der Waals surface area contributed by atoms with E-state index in [1.165, 1.54) is 55.7 Å². The molecule has 0 N–H and O–H groups in total. The van der Waals surface area contributed by atoms with E-state index < -0.39 is 0 Å². The lowest BCUT2D eigenvalue weighted by molar-refractivity contribution is -0.124. The highest BCUT2D eigenvalue weighted by Gasteiger charge is 2.03. The van der Waals surface area contributed by atoms with Crippen LogP contribution in [0.4, 0.5) is 0 Å². The molecule has 2 aromatic rings. The number of unbranched alkanes of at least 4 members (excludes halogenated alkanes) is 7. The number of methoxy groups -OCH3 is 1. The second-order valence-corrected chi connectivity index (χ2v) is 7.89. The van der Waals surface area contributed by atoms with Gasteiger partial charge in [-0.25, -0.2) is 0 Å². The van der Waals surface area contributed by atoms with Crippen molar-refractivity contribution in [3.8, 4) is 22.6 Å². The van der Waals surface area contributed by atoms with Gasteiger partial charge in [-0.05, 0) is 54.3 Å². The molecule has 0 aliphatic heterocycles. The zero-order valence-corrected chi connectivity index (χ0v) is 19.1. The first-order valence-corrected chi connectivity index (χ1v) is 11.4. The fourth-order valence-electron chi connectivity index (χ4n) is 3.49. The number of carbonyl (C=O) groups excluding carboxylic acids is 1. The summed E-state index contributed by atoms with van der Waals surface area (Å²) in [6.07, 6.45) is 11.0. The molecule has 2 rings (SSSR count). The van der Waals surface area contributed by atoms with Gasteiger partial charge in [-0.1, -0.05) is 69.4 Å². The quantitative estimate of drug-likeness (QED) is 0.242. The number of amides is 1. The Labute approximate surface area is 187 Å². The Kier molecular flexibility index (Phi) is 11.3. The summed E-state index contributed by atoms with van der Waals surface area (Å²) in [5, 5.41) is 0. The molecule has 0 unspecified atom stereocenters. The Bertz CT molecular complexity index is 768. The third kappa shape index (κ3) is 9.29. The highest BCUT2D eigenvalue weighted by molar-refractivity contribution is 5.86. The first-order chi connectivity index (χ1) is 15.1. The summed E-state index contributed by atoms with van der Waals surface area (Å²) in [4.78, 5) is 13.1. The fraction of sp³-hybridized carbons (Fsp3) is 0.444. The number of ether oxygens (including phenoxy) is 2. The van der Waals surface area contributed by atoms with Crippen LogP contribution in [0.25, 0.3) is 11.1 Å². The molecule has 4 heteroatoms. The lowest BCUT2D eigenvalue weighted by Gasteiger charge is -2.14. The molecule has 168 valence electrons. The van der Waals surface area contributed by atoms with E-state index in [2.05, 4.69) is 30.8 Å². The second kappa shape index (κ2) is 14.3. The largest absolute Gasteiger partial charge is 0.497 e. The third-order valence-electron chi connectivity index (χ3n) is 5.49. The number of hydrogen-bond donors (Lipinski definition) is 0. The molecule has 0 fully saturated rings. The maximum Gasteiger partial charge on any atom is 0.245 e. The Morgan fingerprint density at radius 2 is 1.29 bits per heavy atom. The van der Waals surface area contributed by atoms with Crippen molar-refractivity contribution in [1.29, 1.82) is 0 Å². The summed E-state index contributed by atoms with van der Waals surface area (Å²) in [7, 11) is 3.51. The maximum atomic E-state index is 11.4. The molecule has 4 nitrogen and oxygen atoms in total. The van der Waals surface area contributed by atoms with Gasteiger partial charge in [-0.2, -0.15) is 0 Å².